The maximum absolute atomic E-state index is 11.9. The van der Waals surface area contributed by atoms with Gasteiger partial charge in [-0.2, -0.15) is 0 Å². The Bertz CT molecular complexity index is 874. The van der Waals surface area contributed by atoms with Crippen LogP contribution in [0.4, 0.5) is 22.2 Å². The molecule has 150 valence electrons. The summed E-state index contributed by atoms with van der Waals surface area (Å²) in [5, 5.41) is 11.5. The predicted molar refractivity (Wildman–Crippen MR) is 111 cm³/mol. The third-order valence-electron chi connectivity index (χ3n) is 3.91. The minimum Gasteiger partial charge on any atom is -0.462 e. The number of hydrogen-bond donors (Lipinski definition) is 1. The van der Waals surface area contributed by atoms with Gasteiger partial charge in [-0.25, -0.2) is 9.78 Å². The lowest BCUT2D eigenvalue weighted by molar-refractivity contribution is -0.114. The van der Waals surface area contributed by atoms with Gasteiger partial charge in [-0.3, -0.25) is 4.79 Å². The highest BCUT2D eigenvalue weighted by Crippen LogP contribution is 2.33. The summed E-state index contributed by atoms with van der Waals surface area (Å²) in [5.74, 6) is -0.607. The van der Waals surface area contributed by atoms with Crippen LogP contribution in [0, 0.1) is 6.92 Å². The maximum Gasteiger partial charge on any atom is 0.350 e. The number of azo groups is 1. The number of aromatic nitrogens is 1. The number of esters is 1. The van der Waals surface area contributed by atoms with Crippen molar-refractivity contribution in [2.45, 2.75) is 34.6 Å². The van der Waals surface area contributed by atoms with Crippen molar-refractivity contribution in [2.24, 2.45) is 10.2 Å². The van der Waals surface area contributed by atoms with Gasteiger partial charge in [-0.1, -0.05) is 11.3 Å². The molecule has 0 saturated heterocycles. The second kappa shape index (κ2) is 9.93. The highest BCUT2D eigenvalue weighted by Gasteiger charge is 2.16. The number of thiazole rings is 1. The number of ether oxygens (including phenoxy) is 1. The molecule has 28 heavy (non-hydrogen) atoms. The molecule has 1 heterocycles. The molecule has 0 atom stereocenters. The van der Waals surface area contributed by atoms with E-state index in [1.807, 2.05) is 12.1 Å². The van der Waals surface area contributed by atoms with Crippen LogP contribution in [0.1, 0.15) is 43.1 Å². The molecule has 2 rings (SSSR count). The lowest BCUT2D eigenvalue weighted by atomic mass is 10.2. The van der Waals surface area contributed by atoms with E-state index in [2.05, 4.69) is 39.3 Å². The Morgan fingerprint density at radius 3 is 2.54 bits per heavy atom. The van der Waals surface area contributed by atoms with E-state index in [9.17, 15) is 9.59 Å². The van der Waals surface area contributed by atoms with Gasteiger partial charge in [-0.05, 0) is 45.9 Å². The van der Waals surface area contributed by atoms with Crippen LogP contribution >= 0.6 is 11.3 Å². The van der Waals surface area contributed by atoms with Crippen LogP contribution in [-0.4, -0.2) is 36.6 Å². The molecule has 0 radical (unpaired) electrons. The van der Waals surface area contributed by atoms with Gasteiger partial charge in [0.2, 0.25) is 11.0 Å². The Labute approximate surface area is 168 Å². The van der Waals surface area contributed by atoms with Gasteiger partial charge in [0.25, 0.3) is 0 Å². The highest BCUT2D eigenvalue weighted by atomic mass is 32.1. The number of benzene rings is 1. The topological polar surface area (TPSA) is 96.2 Å². The van der Waals surface area contributed by atoms with E-state index >= 15 is 0 Å². The van der Waals surface area contributed by atoms with E-state index in [1.165, 1.54) is 6.92 Å². The lowest BCUT2D eigenvalue weighted by Crippen LogP contribution is -2.21. The monoisotopic (exact) mass is 403 g/mol. The molecule has 0 spiro atoms. The number of aryl methyl sites for hydroxylation is 1. The molecule has 0 bridgehead atoms. The first-order chi connectivity index (χ1) is 13.4. The fourth-order valence-corrected chi connectivity index (χ4v) is 3.38. The Balaban J connectivity index is 2.33. The van der Waals surface area contributed by atoms with Crippen LogP contribution in [0.3, 0.4) is 0 Å². The first kappa shape index (κ1) is 21.5. The molecule has 0 unspecified atom stereocenters. The van der Waals surface area contributed by atoms with E-state index in [0.29, 0.717) is 33.7 Å². The Kier molecular flexibility index (Phi) is 7.62. The number of nitrogens with one attached hydrogen (secondary N) is 1. The minimum atomic E-state index is -0.415. The molecule has 1 amide bonds. The quantitative estimate of drug-likeness (QED) is 0.502. The molecule has 8 nitrogen and oxygen atoms in total. The number of anilines is 2. The molecule has 9 heteroatoms. The number of nitrogens with zero attached hydrogens (tertiary/aromatic N) is 4. The van der Waals surface area contributed by atoms with Gasteiger partial charge in [0.15, 0.2) is 0 Å². The Morgan fingerprint density at radius 2 is 1.93 bits per heavy atom. The molecular formula is C19H25N5O3S. The van der Waals surface area contributed by atoms with Crippen molar-refractivity contribution in [2.75, 3.05) is 29.9 Å². The summed E-state index contributed by atoms with van der Waals surface area (Å²) in [7, 11) is 0. The lowest BCUT2D eigenvalue weighted by Gasteiger charge is -2.22. The van der Waals surface area contributed by atoms with Crippen molar-refractivity contribution in [3.63, 3.8) is 0 Å². The summed E-state index contributed by atoms with van der Waals surface area (Å²) >= 11 is 1.12. The first-order valence-corrected chi connectivity index (χ1v) is 9.94. The third kappa shape index (κ3) is 5.35. The molecule has 2 aromatic rings. The van der Waals surface area contributed by atoms with Gasteiger partial charge in [-0.15, -0.1) is 10.2 Å². The number of carbonyl (C=O) groups excluding carboxylic acids is 2. The largest absolute Gasteiger partial charge is 0.462 e. The second-order valence-electron chi connectivity index (χ2n) is 5.89. The number of hydrogen-bond acceptors (Lipinski definition) is 8. The molecule has 1 aromatic heterocycles. The number of rotatable bonds is 8. The van der Waals surface area contributed by atoms with E-state index in [1.54, 1.807) is 19.9 Å². The van der Waals surface area contributed by atoms with Gasteiger partial charge >= 0.3 is 5.97 Å². The Hall–Kier alpha value is -2.81. The summed E-state index contributed by atoms with van der Waals surface area (Å²) in [4.78, 5) is 30.3. The van der Waals surface area contributed by atoms with Crippen LogP contribution < -0.4 is 10.2 Å². The fraction of sp³-hybridized carbons (Fsp3) is 0.421. The van der Waals surface area contributed by atoms with Gasteiger partial charge < -0.3 is 15.0 Å². The van der Waals surface area contributed by atoms with Crippen molar-refractivity contribution in [3.05, 3.63) is 28.8 Å². The summed E-state index contributed by atoms with van der Waals surface area (Å²) in [5.41, 5.74) is 2.62. The van der Waals surface area contributed by atoms with E-state index in [4.69, 9.17) is 4.74 Å². The second-order valence-corrected chi connectivity index (χ2v) is 6.86. The van der Waals surface area contributed by atoms with Crippen LogP contribution in [0.2, 0.25) is 0 Å². The van der Waals surface area contributed by atoms with Crippen LogP contribution in [0.15, 0.2) is 28.4 Å². The van der Waals surface area contributed by atoms with Crippen LogP contribution in [0.25, 0.3) is 0 Å². The predicted octanol–water partition coefficient (Wildman–Crippen LogP) is 4.85. The van der Waals surface area contributed by atoms with E-state index < -0.39 is 5.97 Å². The standard InChI is InChI=1S/C19H25N5O3S/c1-6-24(7-2)14-9-10-15(16(11-14)21-13(5)25)22-23-19-20-12(4)17(28-19)18(26)27-8-3/h9-11H,6-8H2,1-5H3,(H,21,25). The smallest absolute Gasteiger partial charge is 0.350 e. The molecule has 0 aliphatic carbocycles. The number of amides is 1. The molecule has 0 fully saturated rings. The molecule has 1 N–H and O–H groups in total. The van der Waals surface area contributed by atoms with E-state index in [-0.39, 0.29) is 5.91 Å². The zero-order chi connectivity index (χ0) is 20.7. The summed E-state index contributed by atoms with van der Waals surface area (Å²) in [6.45, 7) is 11.1. The Morgan fingerprint density at radius 1 is 1.21 bits per heavy atom. The molecular weight excluding hydrogens is 378 g/mol. The van der Waals surface area contributed by atoms with Crippen molar-refractivity contribution >= 4 is 45.4 Å². The summed E-state index contributed by atoms with van der Waals surface area (Å²) < 4.78 is 5.01. The summed E-state index contributed by atoms with van der Waals surface area (Å²) in [6.07, 6.45) is 0. The van der Waals surface area contributed by atoms with E-state index in [0.717, 1.165) is 30.1 Å². The molecule has 0 aliphatic rings. The van der Waals surface area contributed by atoms with Gasteiger partial charge in [0, 0.05) is 25.7 Å². The zero-order valence-electron chi connectivity index (χ0n) is 16.8. The average Bonchev–Trinajstić information content (AvgIpc) is 3.02. The fourth-order valence-electron chi connectivity index (χ4n) is 2.59. The zero-order valence-corrected chi connectivity index (χ0v) is 17.6. The molecule has 0 saturated carbocycles. The van der Waals surface area contributed by atoms with Crippen molar-refractivity contribution < 1.29 is 14.3 Å². The van der Waals surface area contributed by atoms with Crippen LogP contribution in [-0.2, 0) is 9.53 Å². The van der Waals surface area contributed by atoms with Gasteiger partial charge in [0.05, 0.1) is 18.0 Å². The minimum absolute atomic E-state index is 0.192. The molecule has 0 aliphatic heterocycles. The van der Waals surface area contributed by atoms with Gasteiger partial charge in [0.1, 0.15) is 10.6 Å². The highest BCUT2D eigenvalue weighted by molar-refractivity contribution is 7.17. The van der Waals surface area contributed by atoms with Crippen molar-refractivity contribution in [1.29, 1.82) is 0 Å². The number of carbonyl (C=O) groups is 2. The van der Waals surface area contributed by atoms with Crippen molar-refractivity contribution in [3.8, 4) is 0 Å². The SMILES string of the molecule is CCOC(=O)c1sc(N=Nc2ccc(N(CC)CC)cc2NC(C)=O)nc1C. The first-order valence-electron chi connectivity index (χ1n) is 9.12. The normalized spacial score (nSPS) is 10.9. The maximum atomic E-state index is 11.9. The van der Waals surface area contributed by atoms with Crippen molar-refractivity contribution in [1.82, 2.24) is 4.98 Å². The average molecular weight is 404 g/mol. The third-order valence-corrected chi connectivity index (χ3v) is 4.93. The summed E-state index contributed by atoms with van der Waals surface area (Å²) in [6, 6.07) is 5.61. The molecule has 1 aromatic carbocycles. The van der Waals surface area contributed by atoms with Crippen LogP contribution in [0.5, 0.6) is 0 Å².